The molecule has 0 bridgehead atoms. The SMILES string of the molecule is O=Cc1ccc2nc(-c3cc(Cl)nc(Cl)c3)oc2c1. The van der Waals surface area contributed by atoms with E-state index in [9.17, 15) is 4.79 Å². The third-order valence-electron chi connectivity index (χ3n) is 2.56. The van der Waals surface area contributed by atoms with Crippen LogP contribution in [-0.4, -0.2) is 16.3 Å². The van der Waals surface area contributed by atoms with Crippen molar-refractivity contribution in [3.05, 3.63) is 46.2 Å². The number of aromatic nitrogens is 2. The molecule has 3 aromatic rings. The van der Waals surface area contributed by atoms with Gasteiger partial charge >= 0.3 is 0 Å². The van der Waals surface area contributed by atoms with E-state index >= 15 is 0 Å². The zero-order valence-corrected chi connectivity index (χ0v) is 10.9. The zero-order valence-electron chi connectivity index (χ0n) is 9.43. The Morgan fingerprint density at radius 1 is 1.05 bits per heavy atom. The van der Waals surface area contributed by atoms with Gasteiger partial charge in [-0.15, -0.1) is 0 Å². The van der Waals surface area contributed by atoms with E-state index in [1.54, 1.807) is 30.3 Å². The molecule has 0 N–H and O–H groups in total. The van der Waals surface area contributed by atoms with E-state index in [-0.39, 0.29) is 10.3 Å². The number of rotatable bonds is 2. The van der Waals surface area contributed by atoms with Crippen LogP contribution in [0, 0.1) is 0 Å². The lowest BCUT2D eigenvalue weighted by molar-refractivity contribution is 0.112. The van der Waals surface area contributed by atoms with E-state index < -0.39 is 0 Å². The minimum absolute atomic E-state index is 0.262. The lowest BCUT2D eigenvalue weighted by Gasteiger charge is -1.96. The van der Waals surface area contributed by atoms with Crippen LogP contribution in [0.25, 0.3) is 22.6 Å². The lowest BCUT2D eigenvalue weighted by Crippen LogP contribution is -1.81. The Morgan fingerprint density at radius 3 is 2.47 bits per heavy atom. The van der Waals surface area contributed by atoms with Crippen LogP contribution in [0.4, 0.5) is 0 Å². The van der Waals surface area contributed by atoms with Crippen molar-refractivity contribution in [2.24, 2.45) is 0 Å². The number of benzene rings is 1. The maximum atomic E-state index is 10.7. The number of aldehydes is 1. The summed E-state index contributed by atoms with van der Waals surface area (Å²) in [5, 5.41) is 0.525. The Hall–Kier alpha value is -1.91. The monoisotopic (exact) mass is 292 g/mol. The quantitative estimate of drug-likeness (QED) is 0.529. The first-order valence-electron chi connectivity index (χ1n) is 5.35. The Morgan fingerprint density at radius 2 is 1.79 bits per heavy atom. The van der Waals surface area contributed by atoms with Crippen molar-refractivity contribution in [2.75, 3.05) is 0 Å². The standard InChI is InChI=1S/C13H6Cl2N2O2/c14-11-4-8(5-12(15)17-11)13-16-9-2-1-7(6-18)3-10(9)19-13/h1-6H. The summed E-state index contributed by atoms with van der Waals surface area (Å²) in [5.41, 5.74) is 2.35. The molecular weight excluding hydrogens is 287 g/mol. The van der Waals surface area contributed by atoms with Gasteiger partial charge in [-0.25, -0.2) is 9.97 Å². The van der Waals surface area contributed by atoms with E-state index in [1.165, 1.54) is 0 Å². The fourth-order valence-electron chi connectivity index (χ4n) is 1.73. The van der Waals surface area contributed by atoms with Crippen LogP contribution in [0.2, 0.25) is 10.3 Å². The minimum Gasteiger partial charge on any atom is -0.436 e. The van der Waals surface area contributed by atoms with Crippen molar-refractivity contribution < 1.29 is 9.21 Å². The van der Waals surface area contributed by atoms with Crippen LogP contribution in [0.3, 0.4) is 0 Å². The number of oxazole rings is 1. The molecule has 0 spiro atoms. The van der Waals surface area contributed by atoms with Gasteiger partial charge in [-0.2, -0.15) is 0 Å². The highest BCUT2D eigenvalue weighted by molar-refractivity contribution is 6.32. The van der Waals surface area contributed by atoms with Crippen molar-refractivity contribution in [3.63, 3.8) is 0 Å². The van der Waals surface area contributed by atoms with Crippen molar-refractivity contribution in [1.29, 1.82) is 0 Å². The van der Waals surface area contributed by atoms with E-state index in [2.05, 4.69) is 9.97 Å². The molecular formula is C13H6Cl2N2O2. The predicted molar refractivity (Wildman–Crippen MR) is 72.6 cm³/mol. The predicted octanol–water partition coefficient (Wildman–Crippen LogP) is 4.01. The number of hydrogen-bond donors (Lipinski definition) is 0. The molecule has 4 nitrogen and oxygen atoms in total. The summed E-state index contributed by atoms with van der Waals surface area (Å²) in [6.07, 6.45) is 0.752. The van der Waals surface area contributed by atoms with E-state index in [4.69, 9.17) is 27.6 Å². The first-order valence-corrected chi connectivity index (χ1v) is 6.10. The van der Waals surface area contributed by atoms with Crippen molar-refractivity contribution in [2.45, 2.75) is 0 Å². The number of nitrogens with zero attached hydrogens (tertiary/aromatic N) is 2. The lowest BCUT2D eigenvalue weighted by atomic mass is 10.2. The van der Waals surface area contributed by atoms with Crippen LogP contribution in [0.15, 0.2) is 34.7 Å². The van der Waals surface area contributed by atoms with Crippen molar-refractivity contribution in [1.82, 2.24) is 9.97 Å². The second-order valence-corrected chi connectivity index (χ2v) is 4.64. The summed E-state index contributed by atoms with van der Waals surface area (Å²) in [6, 6.07) is 8.24. The van der Waals surface area contributed by atoms with Gasteiger partial charge in [0.1, 0.15) is 22.1 Å². The summed E-state index contributed by atoms with van der Waals surface area (Å²) >= 11 is 11.7. The molecule has 2 aromatic heterocycles. The second-order valence-electron chi connectivity index (χ2n) is 3.87. The molecule has 3 rings (SSSR count). The minimum atomic E-state index is 0.262. The molecule has 1 aromatic carbocycles. The molecule has 0 atom stereocenters. The number of halogens is 2. The Labute approximate surface area is 118 Å². The zero-order chi connectivity index (χ0) is 13.4. The maximum absolute atomic E-state index is 10.7. The van der Waals surface area contributed by atoms with Gasteiger partial charge in [-0.1, -0.05) is 23.2 Å². The summed E-state index contributed by atoms with van der Waals surface area (Å²) in [4.78, 5) is 18.9. The third kappa shape index (κ3) is 2.32. The summed E-state index contributed by atoms with van der Waals surface area (Å²) < 4.78 is 5.59. The molecule has 94 valence electrons. The molecule has 0 radical (unpaired) electrons. The number of carbonyl (C=O) groups is 1. The molecule has 0 aliphatic carbocycles. The topological polar surface area (TPSA) is 56.0 Å². The second kappa shape index (κ2) is 4.64. The van der Waals surface area contributed by atoms with Crippen LogP contribution in [0.1, 0.15) is 10.4 Å². The van der Waals surface area contributed by atoms with Crippen molar-refractivity contribution in [3.8, 4) is 11.5 Å². The van der Waals surface area contributed by atoms with E-state index in [0.717, 1.165) is 6.29 Å². The molecule has 19 heavy (non-hydrogen) atoms. The van der Waals surface area contributed by atoms with Gasteiger partial charge in [0.25, 0.3) is 0 Å². The van der Waals surface area contributed by atoms with Gasteiger partial charge in [0.15, 0.2) is 5.58 Å². The summed E-state index contributed by atoms with van der Waals surface area (Å²) in [7, 11) is 0. The highest BCUT2D eigenvalue weighted by atomic mass is 35.5. The Balaban J connectivity index is 2.17. The van der Waals surface area contributed by atoms with Gasteiger partial charge in [0.2, 0.25) is 5.89 Å². The molecule has 0 aliphatic rings. The van der Waals surface area contributed by atoms with Gasteiger partial charge in [-0.3, -0.25) is 4.79 Å². The average Bonchev–Trinajstić information content (AvgIpc) is 2.80. The molecule has 6 heteroatoms. The van der Waals surface area contributed by atoms with Gasteiger partial charge in [0, 0.05) is 11.1 Å². The molecule has 0 fully saturated rings. The van der Waals surface area contributed by atoms with Gasteiger partial charge in [-0.05, 0) is 30.3 Å². The van der Waals surface area contributed by atoms with Crippen molar-refractivity contribution >= 4 is 40.6 Å². The highest BCUT2D eigenvalue weighted by Crippen LogP contribution is 2.27. The fraction of sp³-hybridized carbons (Fsp3) is 0. The summed E-state index contributed by atoms with van der Waals surface area (Å²) in [6.45, 7) is 0. The first-order chi connectivity index (χ1) is 9.15. The number of fused-ring (bicyclic) bond motifs is 1. The Kier molecular flexibility index (Phi) is 2.97. The largest absolute Gasteiger partial charge is 0.436 e. The van der Waals surface area contributed by atoms with Crippen LogP contribution < -0.4 is 0 Å². The van der Waals surface area contributed by atoms with Crippen LogP contribution in [-0.2, 0) is 0 Å². The molecule has 2 heterocycles. The smallest absolute Gasteiger partial charge is 0.227 e. The molecule has 0 saturated heterocycles. The molecule has 0 saturated carbocycles. The first kappa shape index (κ1) is 12.1. The number of hydrogen-bond acceptors (Lipinski definition) is 4. The van der Waals surface area contributed by atoms with Crippen LogP contribution in [0.5, 0.6) is 0 Å². The van der Waals surface area contributed by atoms with E-state index in [1.807, 2.05) is 0 Å². The molecule has 0 amide bonds. The summed E-state index contributed by atoms with van der Waals surface area (Å²) in [5.74, 6) is 0.379. The number of carbonyl (C=O) groups excluding carboxylic acids is 1. The van der Waals surface area contributed by atoms with E-state index in [0.29, 0.717) is 28.1 Å². The number of pyridine rings is 1. The maximum Gasteiger partial charge on any atom is 0.227 e. The molecule has 0 aliphatic heterocycles. The normalized spacial score (nSPS) is 10.8. The Bertz CT molecular complexity index is 763. The molecule has 0 unspecified atom stereocenters. The van der Waals surface area contributed by atoms with Crippen LogP contribution >= 0.6 is 23.2 Å². The third-order valence-corrected chi connectivity index (χ3v) is 2.95. The fourth-order valence-corrected chi connectivity index (χ4v) is 2.19. The van der Waals surface area contributed by atoms with Gasteiger partial charge < -0.3 is 4.42 Å². The average molecular weight is 293 g/mol. The van der Waals surface area contributed by atoms with Gasteiger partial charge in [0.05, 0.1) is 0 Å². The highest BCUT2D eigenvalue weighted by Gasteiger charge is 2.10.